The number of nitrogens with two attached hydrogens (primary N) is 1. The van der Waals surface area contributed by atoms with Gasteiger partial charge < -0.3 is 10.6 Å². The van der Waals surface area contributed by atoms with E-state index in [-0.39, 0.29) is 24.4 Å². The van der Waals surface area contributed by atoms with E-state index >= 15 is 0 Å². The first-order valence-electron chi connectivity index (χ1n) is 6.21. The quantitative estimate of drug-likeness (QED) is 0.798. The number of H-pyrrole nitrogens is 1. The van der Waals surface area contributed by atoms with Gasteiger partial charge in [-0.15, -0.1) is 12.4 Å². The number of nitrogens with one attached hydrogen (secondary N) is 1. The smallest absolute Gasteiger partial charge is 0.257 e. The Morgan fingerprint density at radius 3 is 2.89 bits per heavy atom. The molecule has 2 aliphatic rings. The van der Waals surface area contributed by atoms with Crippen LogP contribution in [0.3, 0.4) is 0 Å². The van der Waals surface area contributed by atoms with Crippen molar-refractivity contribution in [3.05, 3.63) is 17.5 Å². The van der Waals surface area contributed by atoms with Crippen LogP contribution in [-0.2, 0) is 0 Å². The highest BCUT2D eigenvalue weighted by atomic mass is 35.5. The Kier molecular flexibility index (Phi) is 3.64. The molecule has 0 spiro atoms. The van der Waals surface area contributed by atoms with Gasteiger partial charge in [-0.3, -0.25) is 9.89 Å². The van der Waals surface area contributed by atoms with E-state index in [4.69, 9.17) is 5.73 Å². The number of hydrogen-bond donors (Lipinski definition) is 2. The van der Waals surface area contributed by atoms with E-state index in [1.54, 1.807) is 6.20 Å². The zero-order valence-electron chi connectivity index (χ0n) is 10.4. The lowest BCUT2D eigenvalue weighted by Gasteiger charge is -2.18. The zero-order chi connectivity index (χ0) is 12.0. The van der Waals surface area contributed by atoms with Gasteiger partial charge in [-0.1, -0.05) is 0 Å². The molecule has 1 saturated heterocycles. The number of carbonyl (C=O) groups excluding carboxylic acids is 1. The summed E-state index contributed by atoms with van der Waals surface area (Å²) in [5.41, 5.74) is 7.61. The van der Waals surface area contributed by atoms with Crippen LogP contribution in [0, 0.1) is 18.8 Å². The molecular formula is C12H19ClN4O. The molecule has 1 aliphatic heterocycles. The first-order chi connectivity index (χ1) is 8.16. The molecule has 6 heteroatoms. The molecule has 0 aromatic carbocycles. The first-order valence-corrected chi connectivity index (χ1v) is 6.21. The Labute approximate surface area is 113 Å². The third-order valence-corrected chi connectivity index (χ3v) is 4.26. The van der Waals surface area contributed by atoms with Gasteiger partial charge in [0.1, 0.15) is 0 Å². The fourth-order valence-corrected chi connectivity index (χ4v) is 3.21. The number of likely N-dealkylation sites (tertiary alicyclic amines) is 1. The predicted octanol–water partition coefficient (Wildman–Crippen LogP) is 0.949. The van der Waals surface area contributed by atoms with Crippen LogP contribution in [0.1, 0.15) is 28.9 Å². The third-order valence-electron chi connectivity index (χ3n) is 4.26. The highest BCUT2D eigenvalue weighted by Gasteiger charge is 2.42. The van der Waals surface area contributed by atoms with E-state index in [0.717, 1.165) is 25.2 Å². The van der Waals surface area contributed by atoms with Crippen LogP contribution in [0.5, 0.6) is 0 Å². The number of rotatable bonds is 1. The van der Waals surface area contributed by atoms with Crippen molar-refractivity contribution in [3.63, 3.8) is 0 Å². The van der Waals surface area contributed by atoms with Crippen LogP contribution in [0.25, 0.3) is 0 Å². The molecule has 3 unspecified atom stereocenters. The van der Waals surface area contributed by atoms with Crippen LogP contribution in [0.15, 0.2) is 6.20 Å². The summed E-state index contributed by atoms with van der Waals surface area (Å²) in [6.45, 7) is 3.56. The van der Waals surface area contributed by atoms with Gasteiger partial charge in [-0.05, 0) is 31.6 Å². The molecule has 18 heavy (non-hydrogen) atoms. The number of carbonyl (C=O) groups is 1. The maximum absolute atomic E-state index is 12.3. The highest BCUT2D eigenvalue weighted by Crippen LogP contribution is 2.37. The summed E-state index contributed by atoms with van der Waals surface area (Å²) in [6, 6.07) is 0.281. The molecule has 2 fully saturated rings. The number of nitrogens with zero attached hydrogens (tertiary/aromatic N) is 2. The minimum absolute atomic E-state index is 0. The molecular weight excluding hydrogens is 252 g/mol. The van der Waals surface area contributed by atoms with Crippen LogP contribution < -0.4 is 5.73 Å². The van der Waals surface area contributed by atoms with Gasteiger partial charge in [-0.25, -0.2) is 0 Å². The van der Waals surface area contributed by atoms with E-state index in [1.807, 2.05) is 11.8 Å². The van der Waals surface area contributed by atoms with E-state index in [2.05, 4.69) is 10.2 Å². The number of fused-ring (bicyclic) bond motifs is 1. The normalized spacial score (nSPS) is 30.1. The van der Waals surface area contributed by atoms with Crippen molar-refractivity contribution in [2.24, 2.45) is 17.6 Å². The van der Waals surface area contributed by atoms with E-state index in [1.165, 1.54) is 6.42 Å². The Bertz CT molecular complexity index is 447. The number of amides is 1. The molecule has 5 nitrogen and oxygen atoms in total. The monoisotopic (exact) mass is 270 g/mol. The topological polar surface area (TPSA) is 75.0 Å². The van der Waals surface area contributed by atoms with Crippen LogP contribution in [0.2, 0.25) is 0 Å². The second-order valence-corrected chi connectivity index (χ2v) is 5.28. The zero-order valence-corrected chi connectivity index (χ0v) is 11.2. The Morgan fingerprint density at radius 2 is 2.28 bits per heavy atom. The standard InChI is InChI=1S/C12H18N4O.ClH/c1-7-9(4-14-15-7)12(17)16-5-8-2-3-11(13)10(8)6-16;/h4,8,10-11H,2-3,5-6,13H2,1H3,(H,14,15);1H. The summed E-state index contributed by atoms with van der Waals surface area (Å²) in [7, 11) is 0. The fraction of sp³-hybridized carbons (Fsp3) is 0.667. The lowest BCUT2D eigenvalue weighted by atomic mass is 9.98. The van der Waals surface area contributed by atoms with E-state index in [9.17, 15) is 4.79 Å². The van der Waals surface area contributed by atoms with E-state index < -0.39 is 0 Å². The van der Waals surface area contributed by atoms with Crippen molar-refractivity contribution in [2.75, 3.05) is 13.1 Å². The molecule has 1 aromatic rings. The number of aromatic amines is 1. The summed E-state index contributed by atoms with van der Waals surface area (Å²) in [5.74, 6) is 1.21. The molecule has 1 aliphatic carbocycles. The Morgan fingerprint density at radius 1 is 1.50 bits per heavy atom. The molecule has 3 atom stereocenters. The molecule has 1 saturated carbocycles. The summed E-state index contributed by atoms with van der Waals surface area (Å²) < 4.78 is 0. The highest BCUT2D eigenvalue weighted by molar-refractivity contribution is 5.95. The molecule has 3 N–H and O–H groups in total. The van der Waals surface area contributed by atoms with Gasteiger partial charge in [0.15, 0.2) is 0 Å². The van der Waals surface area contributed by atoms with Crippen LogP contribution in [0.4, 0.5) is 0 Å². The molecule has 0 bridgehead atoms. The second kappa shape index (κ2) is 4.90. The van der Waals surface area contributed by atoms with E-state index in [0.29, 0.717) is 17.4 Å². The van der Waals surface area contributed by atoms with Crippen molar-refractivity contribution < 1.29 is 4.79 Å². The minimum Gasteiger partial charge on any atom is -0.338 e. The van der Waals surface area contributed by atoms with Crippen molar-refractivity contribution >= 4 is 18.3 Å². The molecule has 1 amide bonds. The molecule has 1 aromatic heterocycles. The predicted molar refractivity (Wildman–Crippen MR) is 70.7 cm³/mol. The van der Waals surface area contributed by atoms with Crippen LogP contribution in [-0.4, -0.2) is 40.1 Å². The van der Waals surface area contributed by atoms with Gasteiger partial charge >= 0.3 is 0 Å². The Hall–Kier alpha value is -1.07. The van der Waals surface area contributed by atoms with Gasteiger partial charge in [0.05, 0.1) is 11.8 Å². The lowest BCUT2D eigenvalue weighted by Crippen LogP contribution is -2.33. The van der Waals surface area contributed by atoms with Crippen LogP contribution >= 0.6 is 12.4 Å². The summed E-state index contributed by atoms with van der Waals surface area (Å²) >= 11 is 0. The maximum atomic E-state index is 12.3. The Balaban J connectivity index is 0.00000120. The SMILES string of the molecule is Cc1[nH]ncc1C(=O)N1CC2CCC(N)C2C1.Cl. The van der Waals surface area contributed by atoms with Gasteiger partial charge in [0, 0.05) is 24.8 Å². The number of aryl methyl sites for hydroxylation is 1. The second-order valence-electron chi connectivity index (χ2n) is 5.28. The molecule has 100 valence electrons. The first kappa shape index (κ1) is 13.4. The van der Waals surface area contributed by atoms with Crippen molar-refractivity contribution in [3.8, 4) is 0 Å². The number of halogens is 1. The van der Waals surface area contributed by atoms with Gasteiger partial charge in [0.2, 0.25) is 0 Å². The van der Waals surface area contributed by atoms with Crippen molar-refractivity contribution in [1.82, 2.24) is 15.1 Å². The average Bonchev–Trinajstić information content (AvgIpc) is 2.96. The molecule has 0 radical (unpaired) electrons. The molecule has 3 rings (SSSR count). The summed E-state index contributed by atoms with van der Waals surface area (Å²) in [4.78, 5) is 14.2. The van der Waals surface area contributed by atoms with Gasteiger partial charge in [-0.2, -0.15) is 5.10 Å². The van der Waals surface area contributed by atoms with Crippen molar-refractivity contribution in [1.29, 1.82) is 0 Å². The fourth-order valence-electron chi connectivity index (χ4n) is 3.21. The largest absolute Gasteiger partial charge is 0.338 e. The lowest BCUT2D eigenvalue weighted by molar-refractivity contribution is 0.0779. The number of aromatic nitrogens is 2. The van der Waals surface area contributed by atoms with Gasteiger partial charge in [0.25, 0.3) is 5.91 Å². The average molecular weight is 271 g/mol. The van der Waals surface area contributed by atoms with Crippen molar-refractivity contribution in [2.45, 2.75) is 25.8 Å². The number of hydrogen-bond acceptors (Lipinski definition) is 3. The molecule has 2 heterocycles. The maximum Gasteiger partial charge on any atom is 0.257 e. The summed E-state index contributed by atoms with van der Waals surface area (Å²) in [5, 5.41) is 6.71. The third kappa shape index (κ3) is 2.01. The summed E-state index contributed by atoms with van der Waals surface area (Å²) in [6.07, 6.45) is 3.90. The minimum atomic E-state index is 0.